The van der Waals surface area contributed by atoms with E-state index in [1.165, 1.54) is 69.8 Å². The number of hydrogen-bond donors (Lipinski definition) is 0. The summed E-state index contributed by atoms with van der Waals surface area (Å²) in [5, 5.41) is 0. The summed E-state index contributed by atoms with van der Waals surface area (Å²) in [6, 6.07) is 8.32. The largest absolute Gasteiger partial charge is 0.497 e. The molecule has 1 heterocycles. The van der Waals surface area contributed by atoms with Crippen LogP contribution in [-0.4, -0.2) is 25.9 Å². The van der Waals surface area contributed by atoms with E-state index in [2.05, 4.69) is 46.8 Å². The fraction of sp³-hybridized carbons (Fsp3) is 0.765. The average molecular weight is 509 g/mol. The lowest BCUT2D eigenvalue weighted by Gasteiger charge is -2.54. The second-order valence-corrected chi connectivity index (χ2v) is 13.8. The smallest absolute Gasteiger partial charge is 0.118 e. The number of ether oxygens (including phenoxy) is 3. The van der Waals surface area contributed by atoms with E-state index in [-0.39, 0.29) is 0 Å². The van der Waals surface area contributed by atoms with E-state index in [0.717, 1.165) is 30.1 Å². The minimum atomic E-state index is 0.331. The van der Waals surface area contributed by atoms with Crippen LogP contribution >= 0.6 is 0 Å². The van der Waals surface area contributed by atoms with Crippen LogP contribution in [0.15, 0.2) is 35.4 Å². The van der Waals surface area contributed by atoms with Crippen LogP contribution in [0.3, 0.4) is 0 Å². The lowest BCUT2D eigenvalue weighted by atomic mass is 9.51. The van der Waals surface area contributed by atoms with Gasteiger partial charge >= 0.3 is 0 Å². The van der Waals surface area contributed by atoms with Gasteiger partial charge in [-0.15, -0.1) is 0 Å². The normalized spacial score (nSPS) is 36.2. The zero-order chi connectivity index (χ0) is 26.2. The molecule has 206 valence electrons. The van der Waals surface area contributed by atoms with E-state index in [1.54, 1.807) is 18.3 Å². The van der Waals surface area contributed by atoms with Crippen molar-refractivity contribution < 1.29 is 14.2 Å². The quantitative estimate of drug-likeness (QED) is 0.312. The topological polar surface area (TPSA) is 27.7 Å². The van der Waals surface area contributed by atoms with Gasteiger partial charge in [0.25, 0.3) is 0 Å². The molecule has 4 aliphatic rings. The van der Waals surface area contributed by atoms with Crippen molar-refractivity contribution in [1.82, 2.24) is 0 Å². The van der Waals surface area contributed by atoms with Gasteiger partial charge in [-0.3, -0.25) is 0 Å². The minimum absolute atomic E-state index is 0.331. The Labute approximate surface area is 226 Å². The van der Waals surface area contributed by atoms with Gasteiger partial charge in [0.05, 0.1) is 32.5 Å². The summed E-state index contributed by atoms with van der Waals surface area (Å²) in [6.45, 7) is 14.1. The van der Waals surface area contributed by atoms with Crippen molar-refractivity contribution in [2.75, 3.05) is 13.7 Å². The first-order valence-corrected chi connectivity index (χ1v) is 15.3. The molecule has 1 aromatic carbocycles. The lowest BCUT2D eigenvalue weighted by Crippen LogP contribution is -2.48. The van der Waals surface area contributed by atoms with Crippen LogP contribution in [-0.2, 0) is 16.1 Å². The van der Waals surface area contributed by atoms with Crippen molar-refractivity contribution in [2.45, 2.75) is 118 Å². The molecule has 1 unspecified atom stereocenters. The van der Waals surface area contributed by atoms with Crippen LogP contribution < -0.4 is 4.74 Å². The number of benzene rings is 1. The second-order valence-electron chi connectivity index (χ2n) is 13.8. The van der Waals surface area contributed by atoms with Gasteiger partial charge in [-0.05, 0) is 97.3 Å². The number of allylic oxidation sites excluding steroid dienone is 1. The summed E-state index contributed by atoms with van der Waals surface area (Å²) in [7, 11) is 1.72. The van der Waals surface area contributed by atoms with Gasteiger partial charge in [0.2, 0.25) is 0 Å². The SMILES string of the molecule is COc1ccc(COC2CC[C@]3(C)C4=C(CC[C@H]3C2)[C@@H]2OC[C@H]([C@H](C)CCCC(C)C)[C@@]2(C)CC4)cc1. The van der Waals surface area contributed by atoms with Gasteiger partial charge < -0.3 is 14.2 Å². The number of hydrogen-bond acceptors (Lipinski definition) is 3. The number of methoxy groups -OCH3 is 1. The molecule has 7 atom stereocenters. The monoisotopic (exact) mass is 508 g/mol. The van der Waals surface area contributed by atoms with Crippen molar-refractivity contribution in [3.05, 3.63) is 41.0 Å². The summed E-state index contributed by atoms with van der Waals surface area (Å²) in [6.07, 6.45) is 13.7. The molecule has 3 aliphatic carbocycles. The molecule has 37 heavy (non-hydrogen) atoms. The number of rotatable bonds is 9. The van der Waals surface area contributed by atoms with Crippen LogP contribution in [0, 0.1) is 34.5 Å². The highest BCUT2D eigenvalue weighted by atomic mass is 16.5. The third kappa shape index (κ3) is 5.29. The van der Waals surface area contributed by atoms with E-state index >= 15 is 0 Å². The highest BCUT2D eigenvalue weighted by Crippen LogP contribution is 2.62. The third-order valence-corrected chi connectivity index (χ3v) is 11.2. The van der Waals surface area contributed by atoms with Gasteiger partial charge in [0.1, 0.15) is 5.75 Å². The molecule has 2 fully saturated rings. The molecule has 0 aromatic heterocycles. The Morgan fingerprint density at radius 2 is 1.78 bits per heavy atom. The summed E-state index contributed by atoms with van der Waals surface area (Å²) in [5.41, 5.74) is 5.44. The summed E-state index contributed by atoms with van der Waals surface area (Å²) < 4.78 is 18.5. The van der Waals surface area contributed by atoms with E-state index in [4.69, 9.17) is 14.2 Å². The molecular formula is C34H52O3. The number of fused-ring (bicyclic) bond motifs is 4. The van der Waals surface area contributed by atoms with Crippen molar-refractivity contribution in [2.24, 2.45) is 34.5 Å². The van der Waals surface area contributed by atoms with Crippen molar-refractivity contribution >= 4 is 0 Å². The van der Waals surface area contributed by atoms with Gasteiger partial charge in [0.15, 0.2) is 0 Å². The molecule has 3 nitrogen and oxygen atoms in total. The lowest BCUT2D eigenvalue weighted by molar-refractivity contribution is -0.0407. The molecule has 5 rings (SSSR count). The minimum Gasteiger partial charge on any atom is -0.497 e. The predicted octanol–water partition coefficient (Wildman–Crippen LogP) is 8.75. The molecule has 0 radical (unpaired) electrons. The molecule has 1 aliphatic heterocycles. The van der Waals surface area contributed by atoms with E-state index < -0.39 is 0 Å². The molecule has 1 saturated carbocycles. The highest BCUT2D eigenvalue weighted by molar-refractivity contribution is 5.35. The summed E-state index contributed by atoms with van der Waals surface area (Å²) in [4.78, 5) is 0. The Kier molecular flexibility index (Phi) is 8.14. The molecule has 0 amide bonds. The van der Waals surface area contributed by atoms with E-state index in [9.17, 15) is 0 Å². The zero-order valence-electron chi connectivity index (χ0n) is 24.5. The molecule has 0 bridgehead atoms. The molecule has 0 N–H and O–H groups in total. The Balaban J connectivity index is 1.23. The Hall–Kier alpha value is -1.32. The molecule has 1 saturated heterocycles. The third-order valence-electron chi connectivity index (χ3n) is 11.2. The van der Waals surface area contributed by atoms with Crippen molar-refractivity contribution in [3.8, 4) is 5.75 Å². The van der Waals surface area contributed by atoms with Crippen molar-refractivity contribution in [1.29, 1.82) is 0 Å². The first-order valence-electron chi connectivity index (χ1n) is 15.3. The van der Waals surface area contributed by atoms with Crippen molar-refractivity contribution in [3.63, 3.8) is 0 Å². The Morgan fingerprint density at radius 1 is 1.00 bits per heavy atom. The maximum atomic E-state index is 6.75. The standard InChI is InChI=1S/C34H52O3/c1-23(2)8-7-9-24(3)31-22-37-32-29-15-12-26-20-28(36-21-25-10-13-27(35-6)14-11-25)16-18-33(26,4)30(29)17-19-34(31,32)5/h10-11,13-14,23-24,26,28,31-32H,7-9,12,15-22H2,1-6H3/t24-,26+,28?,31-,32+,33+,34-/m1/s1. The second kappa shape index (κ2) is 11.0. The van der Waals surface area contributed by atoms with Crippen LogP contribution in [0.25, 0.3) is 0 Å². The first-order chi connectivity index (χ1) is 17.7. The van der Waals surface area contributed by atoms with Gasteiger partial charge in [-0.25, -0.2) is 0 Å². The first kappa shape index (κ1) is 27.3. The average Bonchev–Trinajstić information content (AvgIpc) is 3.24. The Morgan fingerprint density at radius 3 is 2.51 bits per heavy atom. The molecule has 3 heteroatoms. The highest BCUT2D eigenvalue weighted by Gasteiger charge is 2.57. The van der Waals surface area contributed by atoms with E-state index in [1.807, 2.05) is 12.1 Å². The maximum Gasteiger partial charge on any atom is 0.118 e. The predicted molar refractivity (Wildman–Crippen MR) is 152 cm³/mol. The van der Waals surface area contributed by atoms with Gasteiger partial charge in [0, 0.05) is 5.41 Å². The van der Waals surface area contributed by atoms with Crippen LogP contribution in [0.2, 0.25) is 0 Å². The van der Waals surface area contributed by atoms with Crippen LogP contribution in [0.1, 0.15) is 104 Å². The van der Waals surface area contributed by atoms with Crippen LogP contribution in [0.4, 0.5) is 0 Å². The zero-order valence-corrected chi connectivity index (χ0v) is 24.5. The maximum absolute atomic E-state index is 6.75. The summed E-state index contributed by atoms with van der Waals surface area (Å²) >= 11 is 0. The van der Waals surface area contributed by atoms with Crippen LogP contribution in [0.5, 0.6) is 5.75 Å². The van der Waals surface area contributed by atoms with Gasteiger partial charge in [-0.2, -0.15) is 0 Å². The molecular weight excluding hydrogens is 456 g/mol. The molecule has 1 aromatic rings. The fourth-order valence-corrected chi connectivity index (χ4v) is 8.71. The molecule has 0 spiro atoms. The Bertz CT molecular complexity index is 948. The summed E-state index contributed by atoms with van der Waals surface area (Å²) in [5.74, 6) is 3.95. The van der Waals surface area contributed by atoms with E-state index in [0.29, 0.717) is 35.6 Å². The van der Waals surface area contributed by atoms with Gasteiger partial charge in [-0.1, -0.05) is 71.6 Å². The fourth-order valence-electron chi connectivity index (χ4n) is 8.71.